The summed E-state index contributed by atoms with van der Waals surface area (Å²) >= 11 is 7.75. The Morgan fingerprint density at radius 3 is 2.56 bits per heavy atom. The number of aryl methyl sites for hydroxylation is 3. The van der Waals surface area contributed by atoms with E-state index in [2.05, 4.69) is 32.6 Å². The van der Waals surface area contributed by atoms with Crippen LogP contribution in [0.5, 0.6) is 11.6 Å². The minimum atomic E-state index is -0.528. The van der Waals surface area contributed by atoms with Crippen LogP contribution in [0.3, 0.4) is 0 Å². The van der Waals surface area contributed by atoms with Gasteiger partial charge in [-0.25, -0.2) is 9.78 Å². The summed E-state index contributed by atoms with van der Waals surface area (Å²) in [5, 5.41) is 15.3. The summed E-state index contributed by atoms with van der Waals surface area (Å²) in [6, 6.07) is 5.52. The van der Waals surface area contributed by atoms with Crippen molar-refractivity contribution in [3.05, 3.63) is 51.8 Å². The first-order valence-corrected chi connectivity index (χ1v) is 11.5. The van der Waals surface area contributed by atoms with Crippen LogP contribution in [-0.2, 0) is 4.74 Å². The first-order valence-electron chi connectivity index (χ1n) is 10.1. The number of esters is 1. The number of nitrogens with zero attached hydrogens (tertiary/aromatic N) is 3. The second kappa shape index (κ2) is 10.7. The zero-order chi connectivity index (χ0) is 23.3. The van der Waals surface area contributed by atoms with E-state index in [1.165, 1.54) is 7.11 Å². The molecule has 1 aromatic carbocycles. The number of aromatic amines is 1. The van der Waals surface area contributed by atoms with E-state index in [-0.39, 0.29) is 17.5 Å². The fourth-order valence-corrected chi connectivity index (χ4v) is 4.47. The maximum atomic E-state index is 12.8. The number of nitrogens with one attached hydrogen (secondary N) is 2. The monoisotopic (exact) mass is 475 g/mol. The Kier molecular flexibility index (Phi) is 7.98. The van der Waals surface area contributed by atoms with Gasteiger partial charge >= 0.3 is 5.97 Å². The Balaban J connectivity index is 1.95. The lowest BCUT2D eigenvalue weighted by Gasteiger charge is -2.21. The summed E-state index contributed by atoms with van der Waals surface area (Å²) in [7, 11) is 1.34. The number of halogens is 1. The number of methoxy groups -OCH3 is 1. The van der Waals surface area contributed by atoms with Gasteiger partial charge in [-0.05, 0) is 56.5 Å². The largest absolute Gasteiger partial charge is 0.465 e. The average Bonchev–Trinajstić information content (AvgIpc) is 3.26. The van der Waals surface area contributed by atoms with Gasteiger partial charge < -0.3 is 14.8 Å². The van der Waals surface area contributed by atoms with Gasteiger partial charge in [-0.15, -0.1) is 16.9 Å². The smallest absolute Gasteiger partial charge is 0.345 e. The van der Waals surface area contributed by atoms with Crippen molar-refractivity contribution in [1.82, 2.24) is 20.4 Å². The first kappa shape index (κ1) is 23.9. The van der Waals surface area contributed by atoms with Gasteiger partial charge in [0.25, 0.3) is 0 Å². The summed E-state index contributed by atoms with van der Waals surface area (Å²) < 4.78 is 11.2. The minimum Gasteiger partial charge on any atom is -0.465 e. The van der Waals surface area contributed by atoms with Crippen molar-refractivity contribution in [1.29, 1.82) is 0 Å². The molecule has 1 atom stereocenters. The molecule has 0 radical (unpaired) electrons. The van der Waals surface area contributed by atoms with E-state index in [0.29, 0.717) is 22.2 Å². The first-order chi connectivity index (χ1) is 15.3. The van der Waals surface area contributed by atoms with Gasteiger partial charge in [-0.3, -0.25) is 5.10 Å². The SMILES string of the molecule is CCC(CSc1cnn[nH]1)Nc1cc(C)nc(Oc2c(C)cc(Cl)cc2C)c1C(=O)OC. The zero-order valence-corrected chi connectivity index (χ0v) is 20.2. The molecule has 0 aliphatic carbocycles. The third kappa shape index (κ3) is 5.72. The Bertz CT molecular complexity index is 1070. The highest BCUT2D eigenvalue weighted by atomic mass is 35.5. The van der Waals surface area contributed by atoms with Gasteiger partial charge in [0.15, 0.2) is 0 Å². The van der Waals surface area contributed by atoms with E-state index < -0.39 is 5.97 Å². The van der Waals surface area contributed by atoms with Crippen LogP contribution in [0.2, 0.25) is 5.02 Å². The Morgan fingerprint density at radius 2 is 1.97 bits per heavy atom. The molecule has 2 aromatic heterocycles. The number of ether oxygens (including phenoxy) is 2. The lowest BCUT2D eigenvalue weighted by molar-refractivity contribution is 0.0598. The van der Waals surface area contributed by atoms with Gasteiger partial charge in [0.05, 0.1) is 19.0 Å². The quantitative estimate of drug-likeness (QED) is 0.316. The molecule has 0 fully saturated rings. The van der Waals surface area contributed by atoms with E-state index in [0.717, 1.165) is 28.3 Å². The standard InChI is InChI=1S/C22H26ClN5O3S/c1-6-16(11-32-18-10-24-28-27-18)26-17-9-14(4)25-21(19(17)22(29)30-5)31-20-12(2)7-15(23)8-13(20)3/h7-10,16H,6,11H2,1-5H3,(H,25,26)(H,24,27,28). The Morgan fingerprint density at radius 1 is 1.25 bits per heavy atom. The highest BCUT2D eigenvalue weighted by Crippen LogP contribution is 2.35. The van der Waals surface area contributed by atoms with Crippen LogP contribution in [0.15, 0.2) is 29.4 Å². The van der Waals surface area contributed by atoms with Gasteiger partial charge in [0.2, 0.25) is 5.88 Å². The van der Waals surface area contributed by atoms with Crippen LogP contribution in [-0.4, -0.2) is 45.3 Å². The molecular weight excluding hydrogens is 450 g/mol. The third-order valence-corrected chi connectivity index (χ3v) is 6.11. The van der Waals surface area contributed by atoms with Gasteiger partial charge in [-0.1, -0.05) is 23.7 Å². The number of thioether (sulfide) groups is 1. The third-order valence-electron chi connectivity index (χ3n) is 4.81. The lowest BCUT2D eigenvalue weighted by Crippen LogP contribution is -2.23. The molecule has 0 aliphatic rings. The molecule has 0 spiro atoms. The highest BCUT2D eigenvalue weighted by molar-refractivity contribution is 7.99. The summed E-state index contributed by atoms with van der Waals surface area (Å²) in [4.78, 5) is 17.3. The molecule has 32 heavy (non-hydrogen) atoms. The van der Waals surface area contributed by atoms with Gasteiger partial charge in [0.1, 0.15) is 16.3 Å². The van der Waals surface area contributed by atoms with Gasteiger partial charge in [0, 0.05) is 22.5 Å². The summed E-state index contributed by atoms with van der Waals surface area (Å²) in [6.07, 6.45) is 2.51. The lowest BCUT2D eigenvalue weighted by atomic mass is 10.1. The predicted octanol–water partition coefficient (Wildman–Crippen LogP) is 5.34. The number of anilines is 1. The minimum absolute atomic E-state index is 0.0698. The van der Waals surface area contributed by atoms with E-state index in [9.17, 15) is 4.79 Å². The zero-order valence-electron chi connectivity index (χ0n) is 18.7. The van der Waals surface area contributed by atoms with Crippen LogP contribution in [0.4, 0.5) is 5.69 Å². The van der Waals surface area contributed by atoms with Crippen molar-refractivity contribution in [2.24, 2.45) is 0 Å². The average molecular weight is 476 g/mol. The topological polar surface area (TPSA) is 102 Å². The number of pyridine rings is 1. The van der Waals surface area contributed by atoms with Crippen molar-refractivity contribution in [2.75, 3.05) is 18.2 Å². The second-order valence-corrected chi connectivity index (χ2v) is 8.83. The predicted molar refractivity (Wildman–Crippen MR) is 126 cm³/mol. The van der Waals surface area contributed by atoms with Crippen LogP contribution in [0.1, 0.15) is 40.5 Å². The fraction of sp³-hybridized carbons (Fsp3) is 0.364. The maximum absolute atomic E-state index is 12.8. The number of hydrogen-bond donors (Lipinski definition) is 2. The number of carbonyl (C=O) groups excluding carboxylic acids is 1. The molecule has 0 saturated carbocycles. The molecule has 10 heteroatoms. The van der Waals surface area contributed by atoms with E-state index in [1.807, 2.05) is 39.0 Å². The summed E-state index contributed by atoms with van der Waals surface area (Å²) in [5.41, 5.74) is 3.26. The molecule has 1 unspecified atom stereocenters. The molecule has 8 nitrogen and oxygen atoms in total. The number of H-pyrrole nitrogens is 1. The Labute approximate surface area is 196 Å². The van der Waals surface area contributed by atoms with Crippen LogP contribution >= 0.6 is 23.4 Å². The molecule has 3 aromatic rings. The van der Waals surface area contributed by atoms with Crippen molar-refractivity contribution < 1.29 is 14.3 Å². The van der Waals surface area contributed by atoms with E-state index in [4.69, 9.17) is 21.1 Å². The van der Waals surface area contributed by atoms with Crippen molar-refractivity contribution in [3.63, 3.8) is 0 Å². The summed E-state index contributed by atoms with van der Waals surface area (Å²) in [5.74, 6) is 1.01. The van der Waals surface area contributed by atoms with Crippen molar-refractivity contribution >= 4 is 35.0 Å². The van der Waals surface area contributed by atoms with Crippen LogP contribution in [0.25, 0.3) is 0 Å². The number of aromatic nitrogens is 4. The van der Waals surface area contributed by atoms with Gasteiger partial charge in [-0.2, -0.15) is 0 Å². The molecule has 2 N–H and O–H groups in total. The molecule has 0 bridgehead atoms. The fourth-order valence-electron chi connectivity index (χ4n) is 3.22. The number of benzene rings is 1. The number of hydrogen-bond acceptors (Lipinski definition) is 8. The molecular formula is C22H26ClN5O3S. The number of carbonyl (C=O) groups is 1. The second-order valence-electron chi connectivity index (χ2n) is 7.33. The molecule has 3 rings (SSSR count). The molecule has 170 valence electrons. The molecule has 2 heterocycles. The van der Waals surface area contributed by atoms with Crippen molar-refractivity contribution in [3.8, 4) is 11.6 Å². The summed E-state index contributed by atoms with van der Waals surface area (Å²) in [6.45, 7) is 7.73. The van der Waals surface area contributed by atoms with Crippen molar-refractivity contribution in [2.45, 2.75) is 45.2 Å². The van der Waals surface area contributed by atoms with Crippen LogP contribution in [0, 0.1) is 20.8 Å². The molecule has 0 saturated heterocycles. The Hall–Kier alpha value is -2.78. The van der Waals surface area contributed by atoms with Crippen LogP contribution < -0.4 is 10.1 Å². The molecule has 0 aliphatic heterocycles. The van der Waals surface area contributed by atoms with E-state index in [1.54, 1.807) is 18.0 Å². The normalized spacial score (nSPS) is 11.8. The molecule has 0 amide bonds. The number of rotatable bonds is 9. The highest BCUT2D eigenvalue weighted by Gasteiger charge is 2.24. The maximum Gasteiger partial charge on any atom is 0.345 e. The van der Waals surface area contributed by atoms with E-state index >= 15 is 0 Å².